The molecule has 0 aliphatic heterocycles. The van der Waals surface area contributed by atoms with Gasteiger partial charge in [0.2, 0.25) is 5.91 Å². The predicted octanol–water partition coefficient (Wildman–Crippen LogP) is 1.74. The lowest BCUT2D eigenvalue weighted by Gasteiger charge is -2.11. The van der Waals surface area contributed by atoms with Crippen LogP contribution in [0.4, 0.5) is 0 Å². The first-order chi connectivity index (χ1) is 10.6. The van der Waals surface area contributed by atoms with Gasteiger partial charge >= 0.3 is 0 Å². The van der Waals surface area contributed by atoms with Crippen LogP contribution in [-0.4, -0.2) is 27.0 Å². The SMILES string of the molecule is CC(C)C(N)c1nc(CC(=O)NCCCn2ccnc2)cs1. The third kappa shape index (κ3) is 4.92. The van der Waals surface area contributed by atoms with Crippen molar-refractivity contribution in [2.24, 2.45) is 11.7 Å². The van der Waals surface area contributed by atoms with E-state index in [1.165, 1.54) is 11.3 Å². The molecule has 0 saturated heterocycles. The number of hydrogen-bond donors (Lipinski definition) is 2. The molecule has 2 aromatic rings. The van der Waals surface area contributed by atoms with Gasteiger partial charge in [0.1, 0.15) is 5.01 Å². The minimum atomic E-state index is -0.0583. The minimum absolute atomic E-state index is 0.000555. The summed E-state index contributed by atoms with van der Waals surface area (Å²) >= 11 is 1.53. The van der Waals surface area contributed by atoms with Gasteiger partial charge in [0.05, 0.1) is 24.5 Å². The van der Waals surface area contributed by atoms with Gasteiger partial charge in [0, 0.05) is 30.9 Å². The van der Waals surface area contributed by atoms with Crippen LogP contribution in [0.5, 0.6) is 0 Å². The Balaban J connectivity index is 1.70. The van der Waals surface area contributed by atoms with E-state index in [1.54, 1.807) is 12.5 Å². The third-order valence-electron chi connectivity index (χ3n) is 3.39. The molecule has 3 N–H and O–H groups in total. The highest BCUT2D eigenvalue weighted by Gasteiger charge is 2.15. The molecule has 2 heterocycles. The second kappa shape index (κ2) is 8.05. The van der Waals surface area contributed by atoms with Crippen molar-refractivity contribution in [3.8, 4) is 0 Å². The highest BCUT2D eigenvalue weighted by Crippen LogP contribution is 2.22. The molecule has 0 fully saturated rings. The van der Waals surface area contributed by atoms with Gasteiger partial charge in [0.15, 0.2) is 0 Å². The smallest absolute Gasteiger partial charge is 0.226 e. The molecule has 0 aliphatic carbocycles. The van der Waals surface area contributed by atoms with Crippen LogP contribution in [0.3, 0.4) is 0 Å². The van der Waals surface area contributed by atoms with E-state index < -0.39 is 0 Å². The van der Waals surface area contributed by atoms with Gasteiger partial charge in [-0.1, -0.05) is 13.8 Å². The molecular weight excluding hydrogens is 298 g/mol. The summed E-state index contributed by atoms with van der Waals surface area (Å²) in [6, 6.07) is -0.0583. The molecule has 0 aromatic carbocycles. The fraction of sp³-hybridized carbons (Fsp3) is 0.533. The van der Waals surface area contributed by atoms with Gasteiger partial charge in [-0.25, -0.2) is 9.97 Å². The van der Waals surface area contributed by atoms with Gasteiger partial charge in [0.25, 0.3) is 0 Å². The molecule has 0 saturated carbocycles. The van der Waals surface area contributed by atoms with Crippen molar-refractivity contribution in [3.63, 3.8) is 0 Å². The summed E-state index contributed by atoms with van der Waals surface area (Å²) in [6.07, 6.45) is 6.63. The summed E-state index contributed by atoms with van der Waals surface area (Å²) in [5.41, 5.74) is 6.86. The second-order valence-corrected chi connectivity index (χ2v) is 6.52. The zero-order valence-electron chi connectivity index (χ0n) is 13.0. The molecule has 6 nitrogen and oxygen atoms in total. The topological polar surface area (TPSA) is 85.8 Å². The Morgan fingerprint density at radius 1 is 1.50 bits per heavy atom. The number of aromatic nitrogens is 3. The van der Waals surface area contributed by atoms with E-state index >= 15 is 0 Å². The Labute approximate surface area is 134 Å². The fourth-order valence-electron chi connectivity index (χ4n) is 1.98. The number of thiazole rings is 1. The first-order valence-electron chi connectivity index (χ1n) is 7.48. The summed E-state index contributed by atoms with van der Waals surface area (Å²) in [5, 5.41) is 5.74. The minimum Gasteiger partial charge on any atom is -0.356 e. The Kier molecular flexibility index (Phi) is 6.09. The summed E-state index contributed by atoms with van der Waals surface area (Å²) in [4.78, 5) is 20.3. The van der Waals surface area contributed by atoms with E-state index in [1.807, 2.05) is 16.1 Å². The largest absolute Gasteiger partial charge is 0.356 e. The van der Waals surface area contributed by atoms with Crippen molar-refractivity contribution in [1.82, 2.24) is 19.9 Å². The molecule has 0 bridgehead atoms. The second-order valence-electron chi connectivity index (χ2n) is 5.63. The van der Waals surface area contributed by atoms with Crippen LogP contribution in [0.2, 0.25) is 0 Å². The molecule has 1 unspecified atom stereocenters. The highest BCUT2D eigenvalue weighted by atomic mass is 32.1. The molecule has 7 heteroatoms. The summed E-state index contributed by atoms with van der Waals surface area (Å²) in [6.45, 7) is 5.64. The summed E-state index contributed by atoms with van der Waals surface area (Å²) in [7, 11) is 0. The summed E-state index contributed by atoms with van der Waals surface area (Å²) in [5.74, 6) is 0.344. The number of hydrogen-bond acceptors (Lipinski definition) is 5. The Morgan fingerprint density at radius 2 is 2.32 bits per heavy atom. The Morgan fingerprint density at radius 3 is 3.00 bits per heavy atom. The van der Waals surface area contributed by atoms with Crippen LogP contribution in [-0.2, 0) is 17.8 Å². The lowest BCUT2D eigenvalue weighted by Crippen LogP contribution is -2.27. The number of carbonyl (C=O) groups excluding carboxylic acids is 1. The summed E-state index contributed by atoms with van der Waals surface area (Å²) < 4.78 is 1.99. The predicted molar refractivity (Wildman–Crippen MR) is 87.4 cm³/mol. The van der Waals surface area contributed by atoms with Crippen molar-refractivity contribution in [3.05, 3.63) is 34.8 Å². The van der Waals surface area contributed by atoms with Crippen LogP contribution < -0.4 is 11.1 Å². The van der Waals surface area contributed by atoms with Gasteiger partial charge in [-0.05, 0) is 12.3 Å². The lowest BCUT2D eigenvalue weighted by atomic mass is 10.1. The maximum atomic E-state index is 11.9. The fourth-order valence-corrected chi connectivity index (χ4v) is 2.97. The van der Waals surface area contributed by atoms with E-state index in [2.05, 4.69) is 29.1 Å². The van der Waals surface area contributed by atoms with E-state index in [-0.39, 0.29) is 11.9 Å². The van der Waals surface area contributed by atoms with Gasteiger partial charge in [-0.15, -0.1) is 11.3 Å². The molecular formula is C15H23N5OS. The number of rotatable bonds is 8. The number of carbonyl (C=O) groups is 1. The van der Waals surface area contributed by atoms with Crippen molar-refractivity contribution >= 4 is 17.2 Å². The van der Waals surface area contributed by atoms with Crippen LogP contribution in [0.25, 0.3) is 0 Å². The third-order valence-corrected chi connectivity index (χ3v) is 4.38. The molecule has 0 spiro atoms. The van der Waals surface area contributed by atoms with Crippen molar-refractivity contribution in [2.45, 2.75) is 39.3 Å². The molecule has 22 heavy (non-hydrogen) atoms. The zero-order chi connectivity index (χ0) is 15.9. The van der Waals surface area contributed by atoms with E-state index in [4.69, 9.17) is 5.73 Å². The molecule has 2 aromatic heterocycles. The zero-order valence-corrected chi connectivity index (χ0v) is 13.8. The van der Waals surface area contributed by atoms with E-state index in [0.717, 1.165) is 23.7 Å². The molecule has 120 valence electrons. The Hall–Kier alpha value is -1.73. The highest BCUT2D eigenvalue weighted by molar-refractivity contribution is 7.09. The molecule has 1 atom stereocenters. The first kappa shape index (κ1) is 16.6. The number of amides is 1. The van der Waals surface area contributed by atoms with Crippen LogP contribution in [0.15, 0.2) is 24.1 Å². The van der Waals surface area contributed by atoms with Crippen LogP contribution in [0.1, 0.15) is 37.0 Å². The normalized spacial score (nSPS) is 12.5. The average Bonchev–Trinajstić information content (AvgIpc) is 3.14. The Bertz CT molecular complexity index is 579. The number of aryl methyl sites for hydroxylation is 1. The van der Waals surface area contributed by atoms with Gasteiger partial charge in [-0.3, -0.25) is 4.79 Å². The number of nitrogens with two attached hydrogens (primary N) is 1. The standard InChI is InChI=1S/C15H23N5OS/c1-11(2)14(16)15-19-12(9-22-15)8-13(21)18-4-3-6-20-7-5-17-10-20/h5,7,9-11,14H,3-4,6,8,16H2,1-2H3,(H,18,21). The first-order valence-corrected chi connectivity index (χ1v) is 8.36. The number of imidazole rings is 1. The quantitative estimate of drug-likeness (QED) is 0.725. The number of nitrogens with one attached hydrogen (secondary N) is 1. The van der Waals surface area contributed by atoms with Crippen molar-refractivity contribution in [1.29, 1.82) is 0 Å². The molecule has 1 amide bonds. The van der Waals surface area contributed by atoms with Crippen molar-refractivity contribution < 1.29 is 4.79 Å². The molecule has 0 radical (unpaired) electrons. The van der Waals surface area contributed by atoms with Crippen LogP contribution in [0, 0.1) is 5.92 Å². The molecule has 2 rings (SSSR count). The average molecular weight is 321 g/mol. The van der Waals surface area contributed by atoms with E-state index in [9.17, 15) is 4.79 Å². The maximum Gasteiger partial charge on any atom is 0.226 e. The molecule has 0 aliphatic rings. The van der Waals surface area contributed by atoms with Crippen molar-refractivity contribution in [2.75, 3.05) is 6.54 Å². The van der Waals surface area contributed by atoms with Gasteiger partial charge in [-0.2, -0.15) is 0 Å². The van der Waals surface area contributed by atoms with Gasteiger partial charge < -0.3 is 15.6 Å². The van der Waals surface area contributed by atoms with E-state index in [0.29, 0.717) is 18.9 Å². The van der Waals surface area contributed by atoms with Crippen LogP contribution >= 0.6 is 11.3 Å². The maximum absolute atomic E-state index is 11.9. The monoisotopic (exact) mass is 321 g/mol. The number of nitrogens with zero attached hydrogens (tertiary/aromatic N) is 3. The lowest BCUT2D eigenvalue weighted by molar-refractivity contribution is -0.120.